The van der Waals surface area contributed by atoms with Crippen LogP contribution in [0.15, 0.2) is 30.6 Å². The highest BCUT2D eigenvalue weighted by Gasteiger charge is 2.41. The minimum atomic E-state index is -0.181. The normalized spacial score (nSPS) is 20.3. The highest BCUT2D eigenvalue weighted by molar-refractivity contribution is 7.14. The molecule has 2 fully saturated rings. The number of amides is 1. The number of carbonyl (C=O) groups is 1. The zero-order valence-electron chi connectivity index (χ0n) is 17.4. The molecule has 1 spiro atoms. The third-order valence-corrected chi connectivity index (χ3v) is 7.49. The summed E-state index contributed by atoms with van der Waals surface area (Å²) in [5.74, 6) is 1.01. The van der Waals surface area contributed by atoms with Crippen molar-refractivity contribution >= 4 is 42.1 Å². The van der Waals surface area contributed by atoms with Crippen LogP contribution in [-0.4, -0.2) is 54.7 Å². The van der Waals surface area contributed by atoms with E-state index in [0.717, 1.165) is 75.5 Å². The van der Waals surface area contributed by atoms with E-state index >= 15 is 0 Å². The summed E-state index contributed by atoms with van der Waals surface area (Å²) >= 11 is 1.68. The van der Waals surface area contributed by atoms with Crippen LogP contribution >= 0.6 is 36.2 Å². The summed E-state index contributed by atoms with van der Waals surface area (Å²) in [7, 11) is 0. The molecule has 3 aliphatic heterocycles. The van der Waals surface area contributed by atoms with Crippen LogP contribution in [0.5, 0.6) is 5.75 Å². The Hall–Kier alpha value is -1.38. The summed E-state index contributed by atoms with van der Waals surface area (Å²) < 4.78 is 12.3. The number of pyridine rings is 1. The summed E-state index contributed by atoms with van der Waals surface area (Å²) in [6, 6.07) is 5.89. The number of nitrogens with one attached hydrogen (secondary N) is 1. The van der Waals surface area contributed by atoms with Gasteiger partial charge in [-0.05, 0) is 49.7 Å². The first-order valence-electron chi connectivity index (χ1n) is 10.6. The number of piperidine rings is 2. The van der Waals surface area contributed by atoms with Crippen molar-refractivity contribution in [3.8, 4) is 5.75 Å². The number of likely N-dealkylation sites (tertiary alicyclic amines) is 1. The van der Waals surface area contributed by atoms with Crippen molar-refractivity contribution in [2.24, 2.45) is 0 Å². The van der Waals surface area contributed by atoms with Crippen LogP contribution < -0.4 is 10.1 Å². The van der Waals surface area contributed by atoms with Gasteiger partial charge in [0.15, 0.2) is 0 Å². The molecule has 5 rings (SSSR count). The van der Waals surface area contributed by atoms with Gasteiger partial charge in [-0.2, -0.15) is 0 Å². The maximum atomic E-state index is 13.2. The molecule has 31 heavy (non-hydrogen) atoms. The number of hydrogen-bond acceptors (Lipinski definition) is 6. The highest BCUT2D eigenvalue weighted by Crippen LogP contribution is 2.43. The molecule has 0 aromatic carbocycles. The van der Waals surface area contributed by atoms with Crippen LogP contribution in [0.25, 0.3) is 0 Å². The average molecular weight is 486 g/mol. The number of fused-ring (bicyclic) bond motifs is 2. The molecule has 170 valence electrons. The number of halogens is 2. The Balaban J connectivity index is 0.00000136. The zero-order chi connectivity index (χ0) is 19.7. The quantitative estimate of drug-likeness (QED) is 0.715. The van der Waals surface area contributed by atoms with Crippen molar-refractivity contribution in [2.75, 3.05) is 32.8 Å². The Kier molecular flexibility index (Phi) is 8.21. The van der Waals surface area contributed by atoms with Crippen LogP contribution in [0.1, 0.15) is 45.8 Å². The molecule has 5 heterocycles. The Morgan fingerprint density at radius 3 is 2.61 bits per heavy atom. The van der Waals surface area contributed by atoms with Crippen molar-refractivity contribution < 1.29 is 14.3 Å². The Labute approximate surface area is 199 Å². The second-order valence-electron chi connectivity index (χ2n) is 8.08. The fourth-order valence-corrected chi connectivity index (χ4v) is 5.91. The maximum Gasteiger partial charge on any atom is 0.263 e. The lowest BCUT2D eigenvalue weighted by molar-refractivity contribution is -0.0792. The van der Waals surface area contributed by atoms with Gasteiger partial charge in [0, 0.05) is 49.6 Å². The first kappa shape index (κ1) is 24.3. The molecule has 6 nitrogen and oxygen atoms in total. The van der Waals surface area contributed by atoms with Crippen LogP contribution in [0.2, 0.25) is 0 Å². The second-order valence-corrected chi connectivity index (χ2v) is 9.22. The van der Waals surface area contributed by atoms with Gasteiger partial charge in [-0.1, -0.05) is 0 Å². The summed E-state index contributed by atoms with van der Waals surface area (Å²) in [5, 5.41) is 3.42. The fourth-order valence-electron chi connectivity index (χ4n) is 4.71. The van der Waals surface area contributed by atoms with Crippen molar-refractivity contribution in [3.63, 3.8) is 0 Å². The molecule has 0 aliphatic carbocycles. The van der Waals surface area contributed by atoms with Gasteiger partial charge in [-0.3, -0.25) is 9.78 Å². The monoisotopic (exact) mass is 485 g/mol. The molecule has 9 heteroatoms. The first-order valence-corrected chi connectivity index (χ1v) is 11.4. The van der Waals surface area contributed by atoms with Gasteiger partial charge in [0.25, 0.3) is 5.91 Å². The van der Waals surface area contributed by atoms with Crippen molar-refractivity contribution in [1.29, 1.82) is 0 Å². The first-order chi connectivity index (χ1) is 14.2. The van der Waals surface area contributed by atoms with E-state index in [0.29, 0.717) is 0 Å². The average Bonchev–Trinajstić information content (AvgIpc) is 3.21. The number of aromatic nitrogens is 1. The minimum Gasteiger partial charge on any atom is -0.490 e. The molecule has 2 aromatic heterocycles. The lowest BCUT2D eigenvalue weighted by atomic mass is 9.83. The van der Waals surface area contributed by atoms with Gasteiger partial charge in [-0.15, -0.1) is 36.2 Å². The van der Waals surface area contributed by atoms with Crippen molar-refractivity contribution in [1.82, 2.24) is 15.2 Å². The molecular formula is C22H29Cl2N3O3S. The third kappa shape index (κ3) is 5.01. The lowest BCUT2D eigenvalue weighted by Gasteiger charge is -2.40. The standard InChI is InChI=1S/C22H27N3O3S.2ClH/c26-21(25-12-3-17(4-13-25)28-16-1-8-23-9-2-16)20-15-18-19(29-20)5-14-27-22(18)6-10-24-11-7-22;;/h1-2,8-9,15,17,24H,3-7,10-14H2;2*1H. The van der Waals surface area contributed by atoms with Crippen LogP contribution in [-0.2, 0) is 16.8 Å². The van der Waals surface area contributed by atoms with Crippen LogP contribution in [0, 0.1) is 0 Å². The van der Waals surface area contributed by atoms with Gasteiger partial charge < -0.3 is 19.7 Å². The number of ether oxygens (including phenoxy) is 2. The molecule has 1 N–H and O–H groups in total. The minimum absolute atomic E-state index is 0. The highest BCUT2D eigenvalue weighted by atomic mass is 35.5. The van der Waals surface area contributed by atoms with Crippen molar-refractivity contribution in [2.45, 2.75) is 43.8 Å². The predicted molar refractivity (Wildman–Crippen MR) is 126 cm³/mol. The lowest BCUT2D eigenvalue weighted by Crippen LogP contribution is -2.44. The molecule has 2 saturated heterocycles. The molecule has 0 bridgehead atoms. The van der Waals surface area contributed by atoms with E-state index in [1.54, 1.807) is 23.7 Å². The van der Waals surface area contributed by atoms with E-state index in [4.69, 9.17) is 9.47 Å². The molecule has 0 atom stereocenters. The smallest absolute Gasteiger partial charge is 0.263 e. The molecule has 1 amide bonds. The second kappa shape index (κ2) is 10.5. The maximum absolute atomic E-state index is 13.2. The Bertz CT molecular complexity index is 866. The van der Waals surface area contributed by atoms with Crippen molar-refractivity contribution in [3.05, 3.63) is 45.9 Å². The van der Waals surface area contributed by atoms with E-state index in [1.807, 2.05) is 17.0 Å². The molecule has 0 saturated carbocycles. The van der Waals surface area contributed by atoms with E-state index in [9.17, 15) is 4.79 Å². The zero-order valence-corrected chi connectivity index (χ0v) is 19.8. The number of hydrogen-bond donors (Lipinski definition) is 1. The summed E-state index contributed by atoms with van der Waals surface area (Å²) in [5.41, 5.74) is 1.09. The van der Waals surface area contributed by atoms with E-state index in [-0.39, 0.29) is 42.4 Å². The Morgan fingerprint density at radius 1 is 1.19 bits per heavy atom. The Morgan fingerprint density at radius 2 is 1.90 bits per heavy atom. The van der Waals surface area contributed by atoms with Gasteiger partial charge >= 0.3 is 0 Å². The third-order valence-electron chi connectivity index (χ3n) is 6.31. The molecule has 3 aliphatic rings. The predicted octanol–water partition coefficient (Wildman–Crippen LogP) is 3.82. The van der Waals surface area contributed by atoms with E-state index in [1.165, 1.54) is 10.4 Å². The number of thiophene rings is 1. The largest absolute Gasteiger partial charge is 0.490 e. The van der Waals surface area contributed by atoms with E-state index < -0.39 is 0 Å². The van der Waals surface area contributed by atoms with Gasteiger partial charge in [-0.25, -0.2) is 0 Å². The number of carbonyl (C=O) groups excluding carboxylic acids is 1. The summed E-state index contributed by atoms with van der Waals surface area (Å²) in [4.78, 5) is 21.4. The SMILES string of the molecule is Cl.Cl.O=C(c1cc2c(s1)CCOC21CCNCC1)N1CCC(Oc2ccncc2)CC1. The van der Waals surface area contributed by atoms with Crippen LogP contribution in [0.4, 0.5) is 0 Å². The summed E-state index contributed by atoms with van der Waals surface area (Å²) in [6.07, 6.45) is 8.26. The van der Waals surface area contributed by atoms with Gasteiger partial charge in [0.1, 0.15) is 11.9 Å². The molecule has 0 radical (unpaired) electrons. The van der Waals surface area contributed by atoms with Gasteiger partial charge in [0.05, 0.1) is 17.1 Å². The fraction of sp³-hybridized carbons (Fsp3) is 0.545. The number of rotatable bonds is 3. The summed E-state index contributed by atoms with van der Waals surface area (Å²) in [6.45, 7) is 4.19. The van der Waals surface area contributed by atoms with E-state index in [2.05, 4.69) is 16.4 Å². The molecule has 2 aromatic rings. The number of nitrogens with zero attached hydrogens (tertiary/aromatic N) is 2. The van der Waals surface area contributed by atoms with Gasteiger partial charge in [0.2, 0.25) is 0 Å². The van der Waals surface area contributed by atoms with Crippen LogP contribution in [0.3, 0.4) is 0 Å². The topological polar surface area (TPSA) is 63.7 Å². The molecular weight excluding hydrogens is 457 g/mol. The molecule has 0 unspecified atom stereocenters.